The Morgan fingerprint density at radius 3 is 2.41 bits per heavy atom. The van der Waals surface area contributed by atoms with Gasteiger partial charge in [-0.1, -0.05) is 44.1 Å². The minimum absolute atomic E-state index is 0.182. The monoisotopic (exact) mass is 452 g/mol. The lowest BCUT2D eigenvalue weighted by Gasteiger charge is -2.10. The van der Waals surface area contributed by atoms with Gasteiger partial charge in [0.15, 0.2) is 0 Å². The summed E-state index contributed by atoms with van der Waals surface area (Å²) in [5.41, 5.74) is 2.88. The predicted octanol–water partition coefficient (Wildman–Crippen LogP) is 5.54. The Kier molecular flexibility index (Phi) is 4.78. The summed E-state index contributed by atoms with van der Waals surface area (Å²) in [4.78, 5) is 17.4. The summed E-state index contributed by atoms with van der Waals surface area (Å²) >= 11 is 3.57. The van der Waals surface area contributed by atoms with Crippen molar-refractivity contribution in [1.29, 1.82) is 0 Å². The van der Waals surface area contributed by atoms with E-state index in [-0.39, 0.29) is 11.3 Å². The third-order valence-electron chi connectivity index (χ3n) is 4.73. The molecule has 0 spiro atoms. The van der Waals surface area contributed by atoms with Gasteiger partial charge in [0.2, 0.25) is 11.7 Å². The second-order valence-corrected chi connectivity index (χ2v) is 8.74. The molecule has 0 unspecified atom stereocenters. The molecule has 0 aliphatic heterocycles. The summed E-state index contributed by atoms with van der Waals surface area (Å²) in [6.45, 7) is 6.07. The van der Waals surface area contributed by atoms with Crippen molar-refractivity contribution in [1.82, 2.24) is 14.7 Å². The van der Waals surface area contributed by atoms with Gasteiger partial charge in [0.05, 0.1) is 4.47 Å². The number of anilines is 1. The van der Waals surface area contributed by atoms with Crippen molar-refractivity contribution in [2.75, 3.05) is 5.32 Å². The zero-order valence-corrected chi connectivity index (χ0v) is 18.2. The third kappa shape index (κ3) is 3.58. The number of rotatable bonds is 3. The lowest BCUT2D eigenvalue weighted by Crippen LogP contribution is -2.16. The zero-order valence-electron chi connectivity index (χ0n) is 16.7. The number of halogens is 1. The van der Waals surface area contributed by atoms with Crippen LogP contribution in [-0.2, 0) is 12.5 Å². The van der Waals surface area contributed by atoms with Gasteiger partial charge in [-0.15, -0.1) is 0 Å². The van der Waals surface area contributed by atoms with Crippen LogP contribution in [0.4, 0.5) is 5.69 Å². The van der Waals surface area contributed by atoms with Crippen LogP contribution < -0.4 is 5.32 Å². The molecule has 0 aliphatic rings. The fourth-order valence-corrected chi connectivity index (χ4v) is 3.92. The van der Waals surface area contributed by atoms with Crippen LogP contribution in [0.25, 0.3) is 22.3 Å². The highest BCUT2D eigenvalue weighted by Gasteiger charge is 2.22. The number of nitrogens with one attached hydrogen (secondary N) is 1. The van der Waals surface area contributed by atoms with Gasteiger partial charge in [-0.25, -0.2) is 0 Å². The number of fused-ring (bicyclic) bond motifs is 1. The quantitative estimate of drug-likeness (QED) is 0.442. The molecule has 4 rings (SSSR count). The van der Waals surface area contributed by atoms with E-state index in [0.717, 1.165) is 20.9 Å². The Balaban J connectivity index is 1.57. The SMILES string of the molecule is Cn1c(C(=O)Nc2ccc(-c3noc(C(C)(C)C)n3)cc2)c(Br)c2ccccc21. The van der Waals surface area contributed by atoms with Gasteiger partial charge in [0, 0.05) is 34.6 Å². The van der Waals surface area contributed by atoms with Crippen molar-refractivity contribution < 1.29 is 9.32 Å². The lowest BCUT2D eigenvalue weighted by molar-refractivity contribution is 0.101. The number of hydrogen-bond donors (Lipinski definition) is 1. The molecule has 0 aliphatic carbocycles. The number of carbonyl (C=O) groups is 1. The van der Waals surface area contributed by atoms with Crippen LogP contribution in [-0.4, -0.2) is 20.6 Å². The molecule has 0 saturated heterocycles. The van der Waals surface area contributed by atoms with Crippen LogP contribution in [0.3, 0.4) is 0 Å². The molecule has 2 aromatic carbocycles. The molecule has 7 heteroatoms. The van der Waals surface area contributed by atoms with E-state index < -0.39 is 0 Å². The first kappa shape index (κ1) is 19.4. The molecule has 148 valence electrons. The highest BCUT2D eigenvalue weighted by atomic mass is 79.9. The van der Waals surface area contributed by atoms with Gasteiger partial charge in [0.1, 0.15) is 5.69 Å². The molecule has 2 heterocycles. The fourth-order valence-electron chi connectivity index (χ4n) is 3.14. The molecule has 29 heavy (non-hydrogen) atoms. The van der Waals surface area contributed by atoms with E-state index in [1.807, 2.05) is 80.9 Å². The number of nitrogens with zero attached hydrogens (tertiary/aromatic N) is 3. The van der Waals surface area contributed by atoms with Crippen LogP contribution in [0.5, 0.6) is 0 Å². The first-order valence-corrected chi connectivity index (χ1v) is 10.0. The highest BCUT2D eigenvalue weighted by molar-refractivity contribution is 9.10. The molecule has 0 fully saturated rings. The largest absolute Gasteiger partial charge is 0.339 e. The van der Waals surface area contributed by atoms with E-state index in [1.165, 1.54) is 0 Å². The predicted molar refractivity (Wildman–Crippen MR) is 117 cm³/mol. The summed E-state index contributed by atoms with van der Waals surface area (Å²) in [5, 5.41) is 8.01. The molecule has 0 atom stereocenters. The minimum atomic E-state index is -0.203. The smallest absolute Gasteiger partial charge is 0.273 e. The number of aromatic nitrogens is 3. The van der Waals surface area contributed by atoms with Gasteiger partial charge >= 0.3 is 0 Å². The van der Waals surface area contributed by atoms with Gasteiger partial charge in [-0.2, -0.15) is 4.98 Å². The molecule has 6 nitrogen and oxygen atoms in total. The van der Waals surface area contributed by atoms with E-state index in [2.05, 4.69) is 31.4 Å². The maximum atomic E-state index is 12.9. The number of carbonyl (C=O) groups excluding carboxylic acids is 1. The molecular weight excluding hydrogens is 432 g/mol. The molecule has 1 N–H and O–H groups in total. The molecule has 0 bridgehead atoms. The van der Waals surface area contributed by atoms with Gasteiger partial charge in [-0.3, -0.25) is 4.79 Å². The Morgan fingerprint density at radius 2 is 1.79 bits per heavy atom. The molecule has 4 aromatic rings. The van der Waals surface area contributed by atoms with Crippen LogP contribution in [0.15, 0.2) is 57.5 Å². The van der Waals surface area contributed by atoms with Crippen LogP contribution >= 0.6 is 15.9 Å². The summed E-state index contributed by atoms with van der Waals surface area (Å²) in [6.07, 6.45) is 0. The second kappa shape index (κ2) is 7.15. The summed E-state index contributed by atoms with van der Waals surface area (Å²) in [7, 11) is 1.88. The normalized spacial score (nSPS) is 11.8. The Morgan fingerprint density at radius 1 is 1.10 bits per heavy atom. The van der Waals surface area contributed by atoms with Crippen molar-refractivity contribution >= 4 is 38.4 Å². The Labute approximate surface area is 177 Å². The number of aryl methyl sites for hydroxylation is 1. The number of amides is 1. The van der Waals surface area contributed by atoms with E-state index in [0.29, 0.717) is 23.1 Å². The molecule has 0 saturated carbocycles. The topological polar surface area (TPSA) is 73.0 Å². The fraction of sp³-hybridized carbons (Fsp3) is 0.227. The lowest BCUT2D eigenvalue weighted by atomic mass is 9.97. The van der Waals surface area contributed by atoms with Gasteiger partial charge in [-0.05, 0) is 46.3 Å². The van der Waals surface area contributed by atoms with E-state index in [9.17, 15) is 4.79 Å². The third-order valence-corrected chi connectivity index (χ3v) is 5.53. The Bertz CT molecular complexity index is 1160. The van der Waals surface area contributed by atoms with Crippen molar-refractivity contribution in [3.05, 3.63) is 64.6 Å². The molecular formula is C22H21BrN4O2. The maximum absolute atomic E-state index is 12.9. The Hall–Kier alpha value is -2.93. The van der Waals surface area contributed by atoms with E-state index in [1.54, 1.807) is 0 Å². The number of benzene rings is 2. The van der Waals surface area contributed by atoms with Crippen LogP contribution in [0.2, 0.25) is 0 Å². The average molecular weight is 453 g/mol. The highest BCUT2D eigenvalue weighted by Crippen LogP contribution is 2.31. The van der Waals surface area contributed by atoms with Crippen molar-refractivity contribution in [3.8, 4) is 11.4 Å². The summed E-state index contributed by atoms with van der Waals surface area (Å²) < 4.78 is 8.02. The summed E-state index contributed by atoms with van der Waals surface area (Å²) in [6, 6.07) is 15.3. The minimum Gasteiger partial charge on any atom is -0.339 e. The zero-order chi connectivity index (χ0) is 20.8. The van der Waals surface area contributed by atoms with Crippen LogP contribution in [0.1, 0.15) is 37.2 Å². The van der Waals surface area contributed by atoms with Crippen molar-refractivity contribution in [2.45, 2.75) is 26.2 Å². The molecule has 1 amide bonds. The molecule has 0 radical (unpaired) electrons. The number of hydrogen-bond acceptors (Lipinski definition) is 4. The first-order valence-electron chi connectivity index (χ1n) is 9.24. The van der Waals surface area contributed by atoms with Gasteiger partial charge in [0.25, 0.3) is 5.91 Å². The number of para-hydroxylation sites is 1. The van der Waals surface area contributed by atoms with Crippen molar-refractivity contribution in [3.63, 3.8) is 0 Å². The van der Waals surface area contributed by atoms with Crippen molar-refractivity contribution in [2.24, 2.45) is 7.05 Å². The average Bonchev–Trinajstić information content (AvgIpc) is 3.27. The van der Waals surface area contributed by atoms with E-state index >= 15 is 0 Å². The maximum Gasteiger partial charge on any atom is 0.273 e. The standard InChI is InChI=1S/C22H21BrN4O2/c1-22(2,3)21-25-19(26-29-21)13-9-11-14(12-10-13)24-20(28)18-17(23)15-7-5-6-8-16(15)27(18)4/h5-12H,1-4H3,(H,24,28). The van der Waals surface area contributed by atoms with Crippen LogP contribution in [0, 0.1) is 0 Å². The van der Waals surface area contributed by atoms with Gasteiger partial charge < -0.3 is 14.4 Å². The first-order chi connectivity index (χ1) is 13.8. The summed E-state index contributed by atoms with van der Waals surface area (Å²) in [5.74, 6) is 0.938. The van der Waals surface area contributed by atoms with E-state index in [4.69, 9.17) is 4.52 Å². The second-order valence-electron chi connectivity index (χ2n) is 7.94. The molecule has 2 aromatic heterocycles.